The zero-order valence-electron chi connectivity index (χ0n) is 9.82. The van der Waals surface area contributed by atoms with Crippen molar-refractivity contribution in [2.45, 2.75) is 6.61 Å². The molecule has 0 radical (unpaired) electrons. The maximum absolute atomic E-state index is 12.6. The Morgan fingerprint density at radius 2 is 1.68 bits per heavy atom. The van der Waals surface area contributed by atoms with Crippen molar-refractivity contribution in [3.63, 3.8) is 0 Å². The predicted octanol–water partition coefficient (Wildman–Crippen LogP) is 3.97. The van der Waals surface area contributed by atoms with Gasteiger partial charge >= 0.3 is 6.98 Å². The van der Waals surface area contributed by atoms with Crippen LogP contribution in [0.15, 0.2) is 48.5 Å². The van der Waals surface area contributed by atoms with Crippen molar-refractivity contribution in [3.05, 3.63) is 59.1 Å². The van der Waals surface area contributed by atoms with Gasteiger partial charge in [-0.05, 0) is 29.8 Å². The molecule has 100 valence electrons. The Hall–Kier alpha value is -1.62. The fraction of sp³-hybridized carbons (Fsp3) is 0.0769. The Labute approximate surface area is 114 Å². The molecule has 2 rings (SSSR count). The van der Waals surface area contributed by atoms with E-state index in [1.807, 2.05) is 0 Å². The summed E-state index contributed by atoms with van der Waals surface area (Å²) in [6.45, 7) is -4.80. The van der Waals surface area contributed by atoms with E-state index in [1.54, 1.807) is 24.3 Å². The second kappa shape index (κ2) is 5.57. The number of rotatable bonds is 4. The number of benzene rings is 2. The molecule has 0 saturated carbocycles. The van der Waals surface area contributed by atoms with Crippen LogP contribution < -0.4 is 10.2 Å². The zero-order valence-corrected chi connectivity index (χ0v) is 10.6. The molecule has 0 aliphatic rings. The Bertz CT molecular complexity index is 555. The highest BCUT2D eigenvalue weighted by Crippen LogP contribution is 2.16. The third-order valence-electron chi connectivity index (χ3n) is 2.55. The first kappa shape index (κ1) is 13.8. The van der Waals surface area contributed by atoms with Gasteiger partial charge in [0.05, 0.1) is 0 Å². The summed E-state index contributed by atoms with van der Waals surface area (Å²) in [5, 5.41) is 0.602. The molecule has 0 saturated heterocycles. The molecule has 0 fully saturated rings. The third kappa shape index (κ3) is 3.93. The van der Waals surface area contributed by atoms with Gasteiger partial charge in [0.25, 0.3) is 0 Å². The van der Waals surface area contributed by atoms with E-state index in [1.165, 1.54) is 12.1 Å². The van der Waals surface area contributed by atoms with E-state index in [4.69, 9.17) is 16.3 Å². The second-order valence-corrected chi connectivity index (χ2v) is 4.50. The molecule has 1 nitrogen and oxygen atoms in total. The van der Waals surface area contributed by atoms with Crippen LogP contribution in [-0.2, 0) is 6.61 Å². The quantitative estimate of drug-likeness (QED) is 0.772. The molecule has 0 aliphatic heterocycles. The maximum atomic E-state index is 12.6. The largest absolute Gasteiger partial charge is 0.509 e. The van der Waals surface area contributed by atoms with Gasteiger partial charge in [-0.1, -0.05) is 35.9 Å². The van der Waals surface area contributed by atoms with Crippen LogP contribution in [0.2, 0.25) is 5.02 Å². The van der Waals surface area contributed by atoms with E-state index in [0.29, 0.717) is 5.02 Å². The van der Waals surface area contributed by atoms with Gasteiger partial charge in [-0.15, -0.1) is 5.46 Å². The summed E-state index contributed by atoms with van der Waals surface area (Å²) in [5.41, 5.74) is 0.181. The first-order valence-electron chi connectivity index (χ1n) is 5.62. The standard InChI is InChI=1S/C13H10BClF3O/c15-12-6-4-10(5-7-12)9-19-13-3-1-2-11(8-13)14(16,17)18/h1-8H,9H2/q-1. The number of halogens is 4. The highest BCUT2D eigenvalue weighted by atomic mass is 35.5. The monoisotopic (exact) mass is 285 g/mol. The fourth-order valence-electron chi connectivity index (χ4n) is 1.56. The molecule has 19 heavy (non-hydrogen) atoms. The van der Waals surface area contributed by atoms with E-state index in [9.17, 15) is 12.9 Å². The lowest BCUT2D eigenvalue weighted by atomic mass is 9.80. The van der Waals surface area contributed by atoms with Gasteiger partial charge in [0.2, 0.25) is 0 Å². The van der Waals surface area contributed by atoms with E-state index >= 15 is 0 Å². The predicted molar refractivity (Wildman–Crippen MR) is 70.9 cm³/mol. The molecule has 6 heteroatoms. The SMILES string of the molecule is F[B-](F)(F)c1cccc(OCc2ccc(Cl)cc2)c1. The van der Waals surface area contributed by atoms with Crippen molar-refractivity contribution in [3.8, 4) is 5.75 Å². The van der Waals surface area contributed by atoms with Crippen LogP contribution in [0, 0.1) is 0 Å². The molecule has 0 spiro atoms. The van der Waals surface area contributed by atoms with Crippen molar-refractivity contribution in [1.29, 1.82) is 0 Å². The fourth-order valence-corrected chi connectivity index (χ4v) is 1.68. The van der Waals surface area contributed by atoms with Crippen LogP contribution in [0.4, 0.5) is 12.9 Å². The van der Waals surface area contributed by atoms with Gasteiger partial charge in [-0.3, -0.25) is 0 Å². The van der Waals surface area contributed by atoms with Crippen LogP contribution in [0.3, 0.4) is 0 Å². The summed E-state index contributed by atoms with van der Waals surface area (Å²) < 4.78 is 43.0. The molecule has 0 heterocycles. The van der Waals surface area contributed by atoms with Crippen LogP contribution in [0.25, 0.3) is 0 Å². The molecule has 0 N–H and O–H groups in total. The molecule has 2 aromatic carbocycles. The molecule has 0 atom stereocenters. The molecule has 0 aromatic heterocycles. The lowest BCUT2D eigenvalue weighted by Gasteiger charge is -2.16. The molecule has 0 aliphatic carbocycles. The Balaban J connectivity index is 2.05. The Morgan fingerprint density at radius 1 is 1.00 bits per heavy atom. The van der Waals surface area contributed by atoms with Crippen LogP contribution in [0.1, 0.15) is 5.56 Å². The first-order valence-corrected chi connectivity index (χ1v) is 6.00. The van der Waals surface area contributed by atoms with Crippen molar-refractivity contribution in [2.75, 3.05) is 0 Å². The van der Waals surface area contributed by atoms with Gasteiger partial charge in [-0.2, -0.15) is 0 Å². The summed E-state index contributed by atoms with van der Waals surface area (Å²) in [5.74, 6) is 0.201. The summed E-state index contributed by atoms with van der Waals surface area (Å²) in [7, 11) is 0. The van der Waals surface area contributed by atoms with Crippen LogP contribution >= 0.6 is 11.6 Å². The normalized spacial score (nSPS) is 11.4. The summed E-state index contributed by atoms with van der Waals surface area (Å²) >= 11 is 5.74. The van der Waals surface area contributed by atoms with Gasteiger partial charge in [-0.25, -0.2) is 0 Å². The molecular formula is C13H10BClF3O-. The Kier molecular flexibility index (Phi) is 4.05. The second-order valence-electron chi connectivity index (χ2n) is 4.06. The lowest BCUT2D eigenvalue weighted by molar-refractivity contribution is 0.306. The van der Waals surface area contributed by atoms with Crippen LogP contribution in [0.5, 0.6) is 5.75 Å². The minimum absolute atomic E-state index is 0.200. The highest BCUT2D eigenvalue weighted by Gasteiger charge is 2.25. The van der Waals surface area contributed by atoms with E-state index in [2.05, 4.69) is 0 Å². The van der Waals surface area contributed by atoms with Crippen molar-refractivity contribution >= 4 is 24.0 Å². The number of hydrogen-bond donors (Lipinski definition) is 0. The summed E-state index contributed by atoms with van der Waals surface area (Å²) in [6.07, 6.45) is 0. The van der Waals surface area contributed by atoms with Gasteiger partial charge in [0.15, 0.2) is 0 Å². The molecular weight excluding hydrogens is 275 g/mol. The van der Waals surface area contributed by atoms with Crippen molar-refractivity contribution < 1.29 is 17.7 Å². The molecule has 0 bridgehead atoms. The first-order chi connectivity index (χ1) is 8.95. The average Bonchev–Trinajstić information content (AvgIpc) is 2.37. The zero-order chi connectivity index (χ0) is 13.9. The Morgan fingerprint density at radius 3 is 2.32 bits per heavy atom. The minimum Gasteiger partial charge on any atom is -0.489 e. The van der Waals surface area contributed by atoms with Gasteiger partial charge in [0, 0.05) is 5.02 Å². The van der Waals surface area contributed by atoms with Crippen molar-refractivity contribution in [2.24, 2.45) is 0 Å². The lowest BCUT2D eigenvalue weighted by Crippen LogP contribution is -2.33. The molecule has 0 unspecified atom stereocenters. The highest BCUT2D eigenvalue weighted by molar-refractivity contribution is 6.73. The minimum atomic E-state index is -5.00. The van der Waals surface area contributed by atoms with Crippen molar-refractivity contribution in [1.82, 2.24) is 0 Å². The molecule has 0 amide bonds. The topological polar surface area (TPSA) is 9.23 Å². The van der Waals surface area contributed by atoms with E-state index in [-0.39, 0.29) is 12.4 Å². The summed E-state index contributed by atoms with van der Waals surface area (Å²) in [4.78, 5) is 0. The van der Waals surface area contributed by atoms with E-state index < -0.39 is 12.4 Å². The maximum Gasteiger partial charge on any atom is 0.509 e. The van der Waals surface area contributed by atoms with Crippen LogP contribution in [-0.4, -0.2) is 6.98 Å². The average molecular weight is 285 g/mol. The number of ether oxygens (including phenoxy) is 1. The third-order valence-corrected chi connectivity index (χ3v) is 2.81. The molecule has 2 aromatic rings. The van der Waals surface area contributed by atoms with Gasteiger partial charge in [0.1, 0.15) is 12.4 Å². The van der Waals surface area contributed by atoms with Gasteiger partial charge < -0.3 is 17.7 Å². The summed E-state index contributed by atoms with van der Waals surface area (Å²) in [6, 6.07) is 11.8. The van der Waals surface area contributed by atoms with E-state index in [0.717, 1.165) is 17.7 Å². The number of hydrogen-bond acceptors (Lipinski definition) is 1. The smallest absolute Gasteiger partial charge is 0.489 e.